The number of unbranched alkanes of at least 4 members (excludes halogenated alkanes) is 2. The van der Waals surface area contributed by atoms with Gasteiger partial charge in [0, 0.05) is 0 Å². The van der Waals surface area contributed by atoms with Gasteiger partial charge in [0.2, 0.25) is 0 Å². The molecule has 11 heavy (non-hydrogen) atoms. The van der Waals surface area contributed by atoms with Crippen LogP contribution < -0.4 is 0 Å². The topological polar surface area (TPSA) is 20.2 Å². The lowest BCUT2D eigenvalue weighted by Crippen LogP contribution is -1.99. The van der Waals surface area contributed by atoms with Crippen LogP contribution in [-0.4, -0.2) is 11.2 Å². The van der Waals surface area contributed by atoms with Crippen LogP contribution in [-0.2, 0) is 0 Å². The molecule has 0 saturated carbocycles. The van der Waals surface area contributed by atoms with E-state index in [9.17, 15) is 5.11 Å². The van der Waals surface area contributed by atoms with Gasteiger partial charge >= 0.3 is 0 Å². The minimum absolute atomic E-state index is 0.211. The fourth-order valence-corrected chi connectivity index (χ4v) is 0.967. The van der Waals surface area contributed by atoms with E-state index in [1.54, 1.807) is 0 Å². The molecule has 1 atom stereocenters. The third kappa shape index (κ3) is 7.60. The van der Waals surface area contributed by atoms with E-state index in [0.29, 0.717) is 0 Å². The van der Waals surface area contributed by atoms with Crippen molar-refractivity contribution in [1.29, 1.82) is 0 Å². The quantitative estimate of drug-likeness (QED) is 0.463. The fraction of sp³-hybridized carbons (Fsp3) is 0.800. The van der Waals surface area contributed by atoms with E-state index in [-0.39, 0.29) is 6.10 Å². The van der Waals surface area contributed by atoms with Gasteiger partial charge in [-0.3, -0.25) is 0 Å². The maximum atomic E-state index is 9.26. The molecule has 0 spiro atoms. The Kier molecular flexibility index (Phi) is 7.59. The second-order valence-electron chi connectivity index (χ2n) is 2.93. The van der Waals surface area contributed by atoms with Gasteiger partial charge in [-0.2, -0.15) is 0 Å². The highest BCUT2D eigenvalue weighted by atomic mass is 16.3. The molecule has 0 aromatic rings. The lowest BCUT2D eigenvalue weighted by Gasteiger charge is -2.00. The molecule has 0 aliphatic carbocycles. The van der Waals surface area contributed by atoms with E-state index >= 15 is 0 Å². The van der Waals surface area contributed by atoms with Crippen LogP contribution in [0, 0.1) is 0 Å². The van der Waals surface area contributed by atoms with Crippen molar-refractivity contribution in [3.8, 4) is 0 Å². The molecule has 0 heterocycles. The molecule has 0 amide bonds. The molecule has 0 radical (unpaired) electrons. The largest absolute Gasteiger partial charge is 0.389 e. The van der Waals surface area contributed by atoms with Crippen molar-refractivity contribution in [1.82, 2.24) is 0 Å². The second-order valence-corrected chi connectivity index (χ2v) is 2.93. The summed E-state index contributed by atoms with van der Waals surface area (Å²) in [6.07, 6.45) is 9.31. The Morgan fingerprint density at radius 1 is 1.27 bits per heavy atom. The van der Waals surface area contributed by atoms with Gasteiger partial charge in [0.05, 0.1) is 6.10 Å². The smallest absolute Gasteiger partial charge is 0.0720 e. The average Bonchev–Trinajstić information content (AvgIpc) is 1.99. The SMILES string of the molecule is CCCCC=CC(O)CCC. The van der Waals surface area contributed by atoms with Crippen LogP contribution in [0.3, 0.4) is 0 Å². The van der Waals surface area contributed by atoms with Crippen molar-refractivity contribution >= 4 is 0 Å². The van der Waals surface area contributed by atoms with Crippen LogP contribution in [0.2, 0.25) is 0 Å². The molecule has 0 aliphatic heterocycles. The molecule has 0 fully saturated rings. The van der Waals surface area contributed by atoms with Crippen molar-refractivity contribution in [2.45, 2.75) is 52.1 Å². The highest BCUT2D eigenvalue weighted by Gasteiger charge is 1.93. The predicted octanol–water partition coefficient (Wildman–Crippen LogP) is 2.89. The summed E-state index contributed by atoms with van der Waals surface area (Å²) in [4.78, 5) is 0. The van der Waals surface area contributed by atoms with Crippen LogP contribution in [0.1, 0.15) is 46.0 Å². The predicted molar refractivity (Wildman–Crippen MR) is 49.6 cm³/mol. The lowest BCUT2D eigenvalue weighted by atomic mass is 10.1. The van der Waals surface area contributed by atoms with Gasteiger partial charge in [0.15, 0.2) is 0 Å². The van der Waals surface area contributed by atoms with Crippen LogP contribution in [0.25, 0.3) is 0 Å². The molecule has 0 aliphatic rings. The zero-order chi connectivity index (χ0) is 8.53. The molecule has 0 aromatic heterocycles. The third-order valence-corrected chi connectivity index (χ3v) is 1.67. The van der Waals surface area contributed by atoms with Crippen molar-refractivity contribution in [2.75, 3.05) is 0 Å². The number of hydrogen-bond donors (Lipinski definition) is 1. The van der Waals surface area contributed by atoms with Crippen molar-refractivity contribution < 1.29 is 5.11 Å². The normalized spacial score (nSPS) is 14.1. The minimum atomic E-state index is -0.211. The summed E-state index contributed by atoms with van der Waals surface area (Å²) in [5.74, 6) is 0. The average molecular weight is 156 g/mol. The molecule has 1 heteroatoms. The zero-order valence-corrected chi connectivity index (χ0v) is 7.71. The number of aliphatic hydroxyl groups is 1. The molecular formula is C10H20O. The van der Waals surface area contributed by atoms with E-state index in [4.69, 9.17) is 0 Å². The number of allylic oxidation sites excluding steroid dienone is 1. The van der Waals surface area contributed by atoms with Crippen molar-refractivity contribution in [2.24, 2.45) is 0 Å². The Bertz CT molecular complexity index is 97.0. The van der Waals surface area contributed by atoms with E-state index in [1.165, 1.54) is 12.8 Å². The van der Waals surface area contributed by atoms with E-state index in [2.05, 4.69) is 19.9 Å². The van der Waals surface area contributed by atoms with Crippen LogP contribution in [0.4, 0.5) is 0 Å². The Morgan fingerprint density at radius 2 is 2.00 bits per heavy atom. The highest BCUT2D eigenvalue weighted by molar-refractivity contribution is 4.87. The van der Waals surface area contributed by atoms with Gasteiger partial charge in [-0.15, -0.1) is 0 Å². The molecule has 1 unspecified atom stereocenters. The first-order valence-corrected chi connectivity index (χ1v) is 4.66. The Labute approximate surface area is 70.1 Å². The summed E-state index contributed by atoms with van der Waals surface area (Å²) in [6, 6.07) is 0. The molecule has 0 aromatic carbocycles. The molecule has 66 valence electrons. The second kappa shape index (κ2) is 7.80. The van der Waals surface area contributed by atoms with Gasteiger partial charge in [-0.25, -0.2) is 0 Å². The first kappa shape index (κ1) is 10.7. The molecule has 0 rings (SSSR count). The van der Waals surface area contributed by atoms with E-state index < -0.39 is 0 Å². The van der Waals surface area contributed by atoms with Gasteiger partial charge in [0.25, 0.3) is 0 Å². The Hall–Kier alpha value is -0.300. The standard InChI is InChI=1S/C10H20O/c1-3-5-6-7-9-10(11)8-4-2/h7,9-11H,3-6,8H2,1-2H3. The van der Waals surface area contributed by atoms with Crippen molar-refractivity contribution in [3.05, 3.63) is 12.2 Å². The summed E-state index contributed by atoms with van der Waals surface area (Å²) in [6.45, 7) is 4.26. The first-order valence-electron chi connectivity index (χ1n) is 4.66. The highest BCUT2D eigenvalue weighted by Crippen LogP contribution is 2.00. The van der Waals surface area contributed by atoms with Gasteiger partial charge < -0.3 is 5.11 Å². The van der Waals surface area contributed by atoms with Crippen LogP contribution in [0.5, 0.6) is 0 Å². The van der Waals surface area contributed by atoms with Gasteiger partial charge in [0.1, 0.15) is 0 Å². The fourth-order valence-electron chi connectivity index (χ4n) is 0.967. The molecule has 0 saturated heterocycles. The molecule has 0 bridgehead atoms. The van der Waals surface area contributed by atoms with Crippen LogP contribution >= 0.6 is 0 Å². The number of rotatable bonds is 6. The Morgan fingerprint density at radius 3 is 2.55 bits per heavy atom. The first-order chi connectivity index (χ1) is 5.31. The number of aliphatic hydroxyl groups excluding tert-OH is 1. The summed E-state index contributed by atoms with van der Waals surface area (Å²) in [5, 5.41) is 9.26. The summed E-state index contributed by atoms with van der Waals surface area (Å²) < 4.78 is 0. The minimum Gasteiger partial charge on any atom is -0.389 e. The maximum Gasteiger partial charge on any atom is 0.0720 e. The van der Waals surface area contributed by atoms with E-state index in [0.717, 1.165) is 19.3 Å². The Balaban J connectivity index is 3.24. The molecule has 1 N–H and O–H groups in total. The van der Waals surface area contributed by atoms with Gasteiger partial charge in [-0.05, 0) is 12.8 Å². The van der Waals surface area contributed by atoms with E-state index in [1.807, 2.05) is 6.08 Å². The maximum absolute atomic E-state index is 9.26. The molecule has 1 nitrogen and oxygen atoms in total. The molecular weight excluding hydrogens is 136 g/mol. The summed E-state index contributed by atoms with van der Waals surface area (Å²) in [7, 11) is 0. The summed E-state index contributed by atoms with van der Waals surface area (Å²) >= 11 is 0. The lowest BCUT2D eigenvalue weighted by molar-refractivity contribution is 0.211. The summed E-state index contributed by atoms with van der Waals surface area (Å²) in [5.41, 5.74) is 0. The number of hydrogen-bond acceptors (Lipinski definition) is 1. The van der Waals surface area contributed by atoms with Crippen molar-refractivity contribution in [3.63, 3.8) is 0 Å². The zero-order valence-electron chi connectivity index (χ0n) is 7.71. The monoisotopic (exact) mass is 156 g/mol. The third-order valence-electron chi connectivity index (χ3n) is 1.67. The van der Waals surface area contributed by atoms with Gasteiger partial charge in [-0.1, -0.05) is 45.3 Å². The van der Waals surface area contributed by atoms with Crippen LogP contribution in [0.15, 0.2) is 12.2 Å².